The van der Waals surface area contributed by atoms with E-state index in [0.717, 1.165) is 12.1 Å². The minimum atomic E-state index is -0.172. The average molecular weight is 269 g/mol. The third-order valence-corrected chi connectivity index (χ3v) is 2.38. The molecule has 0 aromatic carbocycles. The molecule has 0 spiro atoms. The zero-order valence-electron chi connectivity index (χ0n) is 10.4. The molecule has 0 saturated carbocycles. The van der Waals surface area contributed by atoms with Gasteiger partial charge in [0.2, 0.25) is 0 Å². The number of amides is 1. The molecule has 98 valence electrons. The van der Waals surface area contributed by atoms with Gasteiger partial charge in [-0.2, -0.15) is 0 Å². The summed E-state index contributed by atoms with van der Waals surface area (Å²) in [6.07, 6.45) is 2.60. The number of ether oxygens (including phenoxy) is 1. The largest absolute Gasteiger partial charge is 0.379 e. The predicted octanol–water partition coefficient (Wildman–Crippen LogP) is 2.37. The molecule has 0 aliphatic carbocycles. The third-order valence-electron chi connectivity index (χ3n) is 2.18. The maximum Gasteiger partial charge on any atom is 0.251 e. The Hall–Kier alpha value is -1.39. The van der Waals surface area contributed by atoms with Crippen molar-refractivity contribution in [3.8, 4) is 0 Å². The smallest absolute Gasteiger partial charge is 0.251 e. The number of hydrogen-bond donors (Lipinski definition) is 1. The first-order valence-corrected chi connectivity index (χ1v) is 6.12. The molecule has 0 fully saturated rings. The van der Waals surface area contributed by atoms with Gasteiger partial charge in [-0.1, -0.05) is 17.7 Å². The molecule has 0 aliphatic rings. The molecule has 5 heteroatoms. The van der Waals surface area contributed by atoms with Crippen LogP contribution >= 0.6 is 11.6 Å². The summed E-state index contributed by atoms with van der Waals surface area (Å²) in [5.41, 5.74) is 1.23. The Labute approximate surface area is 112 Å². The fourth-order valence-electron chi connectivity index (χ4n) is 1.37. The lowest BCUT2D eigenvalue weighted by Crippen LogP contribution is -2.27. The Morgan fingerprint density at radius 1 is 1.56 bits per heavy atom. The van der Waals surface area contributed by atoms with Gasteiger partial charge in [-0.05, 0) is 25.5 Å². The molecule has 0 atom stereocenters. The number of nitrogens with zero attached hydrogens (tertiary/aromatic N) is 1. The molecule has 1 rings (SSSR count). The maximum atomic E-state index is 11.8. The first-order valence-electron chi connectivity index (χ1n) is 5.74. The number of halogens is 1. The third kappa shape index (κ3) is 5.29. The van der Waals surface area contributed by atoms with Crippen LogP contribution in [0.2, 0.25) is 5.15 Å². The summed E-state index contributed by atoms with van der Waals surface area (Å²) in [6.45, 7) is 6.96. The van der Waals surface area contributed by atoms with Gasteiger partial charge in [0.05, 0.1) is 13.2 Å². The highest BCUT2D eigenvalue weighted by Crippen LogP contribution is 2.09. The quantitative estimate of drug-likeness (QED) is 0.469. The molecule has 1 amide bonds. The summed E-state index contributed by atoms with van der Waals surface area (Å²) in [7, 11) is 0. The monoisotopic (exact) mass is 268 g/mol. The van der Waals surface area contributed by atoms with Crippen molar-refractivity contribution in [1.82, 2.24) is 10.3 Å². The van der Waals surface area contributed by atoms with Gasteiger partial charge in [0.25, 0.3) is 5.91 Å². The van der Waals surface area contributed by atoms with Crippen LogP contribution in [0, 0.1) is 6.92 Å². The van der Waals surface area contributed by atoms with Crippen LogP contribution in [-0.2, 0) is 4.74 Å². The molecule has 0 bridgehead atoms. The van der Waals surface area contributed by atoms with Crippen molar-refractivity contribution in [3.63, 3.8) is 0 Å². The normalized spacial score (nSPS) is 10.1. The van der Waals surface area contributed by atoms with E-state index in [1.807, 2.05) is 0 Å². The number of rotatable bonds is 7. The standard InChI is InChI=1S/C13H17ClN2O2/c1-3-4-6-18-7-5-15-13(17)11-8-10(2)16-12(14)9-11/h3,8-9H,1,4-7H2,2H3,(H,15,17). The summed E-state index contributed by atoms with van der Waals surface area (Å²) in [5.74, 6) is -0.172. The van der Waals surface area contributed by atoms with E-state index in [-0.39, 0.29) is 5.91 Å². The van der Waals surface area contributed by atoms with Gasteiger partial charge in [-0.15, -0.1) is 6.58 Å². The van der Waals surface area contributed by atoms with E-state index in [1.54, 1.807) is 25.1 Å². The fraction of sp³-hybridized carbons (Fsp3) is 0.385. The van der Waals surface area contributed by atoms with Crippen LogP contribution in [0.15, 0.2) is 24.8 Å². The van der Waals surface area contributed by atoms with Crippen LogP contribution in [0.5, 0.6) is 0 Å². The Morgan fingerprint density at radius 2 is 2.33 bits per heavy atom. The van der Waals surface area contributed by atoms with E-state index in [2.05, 4.69) is 16.9 Å². The van der Waals surface area contributed by atoms with Crippen molar-refractivity contribution in [1.29, 1.82) is 0 Å². The summed E-state index contributed by atoms with van der Waals surface area (Å²) in [4.78, 5) is 15.8. The second-order valence-corrected chi connectivity index (χ2v) is 4.15. The topological polar surface area (TPSA) is 51.2 Å². The SMILES string of the molecule is C=CCCOCCNC(=O)c1cc(C)nc(Cl)c1. The number of nitrogens with one attached hydrogen (secondary N) is 1. The van der Waals surface area contributed by atoms with Gasteiger partial charge in [-0.3, -0.25) is 4.79 Å². The predicted molar refractivity (Wildman–Crippen MR) is 72.0 cm³/mol. The second-order valence-electron chi connectivity index (χ2n) is 3.77. The first-order chi connectivity index (χ1) is 8.63. The number of aromatic nitrogens is 1. The average Bonchev–Trinajstić information content (AvgIpc) is 2.32. The zero-order chi connectivity index (χ0) is 13.4. The van der Waals surface area contributed by atoms with Gasteiger partial charge >= 0.3 is 0 Å². The van der Waals surface area contributed by atoms with E-state index in [0.29, 0.717) is 30.5 Å². The van der Waals surface area contributed by atoms with Crippen LogP contribution in [-0.4, -0.2) is 30.6 Å². The van der Waals surface area contributed by atoms with E-state index >= 15 is 0 Å². The van der Waals surface area contributed by atoms with Crippen LogP contribution in [0.4, 0.5) is 0 Å². The number of pyridine rings is 1. The minimum Gasteiger partial charge on any atom is -0.379 e. The first kappa shape index (κ1) is 14.7. The Morgan fingerprint density at radius 3 is 3.00 bits per heavy atom. The molecular weight excluding hydrogens is 252 g/mol. The molecule has 1 aromatic rings. The minimum absolute atomic E-state index is 0.172. The van der Waals surface area contributed by atoms with Crippen LogP contribution < -0.4 is 5.32 Å². The highest BCUT2D eigenvalue weighted by Gasteiger charge is 2.07. The Balaban J connectivity index is 2.34. The van der Waals surface area contributed by atoms with E-state index in [9.17, 15) is 4.79 Å². The van der Waals surface area contributed by atoms with Gasteiger partial charge in [0, 0.05) is 17.8 Å². The van der Waals surface area contributed by atoms with E-state index in [4.69, 9.17) is 16.3 Å². The van der Waals surface area contributed by atoms with Crippen molar-refractivity contribution in [2.75, 3.05) is 19.8 Å². The lowest BCUT2D eigenvalue weighted by molar-refractivity contribution is 0.0917. The molecule has 18 heavy (non-hydrogen) atoms. The van der Waals surface area contributed by atoms with Gasteiger partial charge < -0.3 is 10.1 Å². The van der Waals surface area contributed by atoms with Gasteiger partial charge in [-0.25, -0.2) is 4.98 Å². The van der Waals surface area contributed by atoms with Crippen LogP contribution in [0.25, 0.3) is 0 Å². The lowest BCUT2D eigenvalue weighted by Gasteiger charge is -2.06. The number of carbonyl (C=O) groups excluding carboxylic acids is 1. The molecule has 0 saturated heterocycles. The van der Waals surface area contributed by atoms with Crippen molar-refractivity contribution in [2.45, 2.75) is 13.3 Å². The van der Waals surface area contributed by atoms with Gasteiger partial charge in [0.1, 0.15) is 5.15 Å². The lowest BCUT2D eigenvalue weighted by atomic mass is 10.2. The summed E-state index contributed by atoms with van der Waals surface area (Å²) >= 11 is 5.79. The zero-order valence-corrected chi connectivity index (χ0v) is 11.2. The molecule has 4 nitrogen and oxygen atoms in total. The number of carbonyl (C=O) groups is 1. The molecule has 1 heterocycles. The number of hydrogen-bond acceptors (Lipinski definition) is 3. The van der Waals surface area contributed by atoms with Crippen molar-refractivity contribution in [2.24, 2.45) is 0 Å². The van der Waals surface area contributed by atoms with Crippen molar-refractivity contribution in [3.05, 3.63) is 41.2 Å². The van der Waals surface area contributed by atoms with E-state index in [1.165, 1.54) is 0 Å². The second kappa shape index (κ2) is 7.84. The summed E-state index contributed by atoms with van der Waals surface area (Å²) < 4.78 is 5.28. The number of aryl methyl sites for hydroxylation is 1. The van der Waals surface area contributed by atoms with Crippen LogP contribution in [0.3, 0.4) is 0 Å². The highest BCUT2D eigenvalue weighted by molar-refractivity contribution is 6.29. The summed E-state index contributed by atoms with van der Waals surface area (Å²) in [5, 5.41) is 3.08. The molecule has 0 aliphatic heterocycles. The fourth-order valence-corrected chi connectivity index (χ4v) is 1.62. The van der Waals surface area contributed by atoms with Crippen LogP contribution in [0.1, 0.15) is 22.5 Å². The summed E-state index contributed by atoms with van der Waals surface area (Å²) in [6, 6.07) is 3.24. The molecule has 1 aromatic heterocycles. The molecular formula is C13H17ClN2O2. The van der Waals surface area contributed by atoms with Gasteiger partial charge in [0.15, 0.2) is 0 Å². The Bertz CT molecular complexity index is 401. The van der Waals surface area contributed by atoms with Crippen molar-refractivity contribution >= 4 is 17.5 Å². The molecule has 0 radical (unpaired) electrons. The maximum absolute atomic E-state index is 11.8. The molecule has 1 N–H and O–H groups in total. The molecule has 0 unspecified atom stereocenters. The highest BCUT2D eigenvalue weighted by atomic mass is 35.5. The van der Waals surface area contributed by atoms with Crippen molar-refractivity contribution < 1.29 is 9.53 Å². The Kier molecular flexibility index (Phi) is 6.39. The van der Waals surface area contributed by atoms with E-state index < -0.39 is 0 Å².